The van der Waals surface area contributed by atoms with Gasteiger partial charge in [-0.05, 0) is 43.5 Å². The number of halogens is 4. The Hall–Kier alpha value is -3.63. The summed E-state index contributed by atoms with van der Waals surface area (Å²) in [6.45, 7) is 2.00. The molecule has 0 bridgehead atoms. The number of para-hydroxylation sites is 1. The Morgan fingerprint density at radius 2 is 1.92 bits per heavy atom. The molecule has 0 aliphatic rings. The fourth-order valence-corrected chi connectivity index (χ4v) is 4.18. The molecule has 0 fully saturated rings. The number of aliphatic hydroxyl groups excluding tert-OH is 1. The van der Waals surface area contributed by atoms with E-state index in [1.165, 1.54) is 24.1 Å². The molecule has 0 spiro atoms. The maximum absolute atomic E-state index is 13.8. The summed E-state index contributed by atoms with van der Waals surface area (Å²) in [5.41, 5.74) is 0.534. The second-order valence-electron chi connectivity index (χ2n) is 8.40. The van der Waals surface area contributed by atoms with Crippen LogP contribution >= 0.6 is 11.6 Å². The van der Waals surface area contributed by atoms with Gasteiger partial charge in [-0.15, -0.1) is 0 Å². The minimum Gasteiger partial charge on any atom is -0.495 e. The summed E-state index contributed by atoms with van der Waals surface area (Å²) >= 11 is 6.52. The number of hydrogen-bond acceptors (Lipinski definition) is 6. The molecular weight excluding hydrogens is 523 g/mol. The smallest absolute Gasteiger partial charge is 0.433 e. The summed E-state index contributed by atoms with van der Waals surface area (Å²) in [4.78, 5) is 18.7. The van der Waals surface area contributed by atoms with Crippen molar-refractivity contribution in [3.05, 3.63) is 70.0 Å². The van der Waals surface area contributed by atoms with E-state index >= 15 is 0 Å². The van der Waals surface area contributed by atoms with Gasteiger partial charge in [0.1, 0.15) is 17.2 Å². The zero-order valence-corrected chi connectivity index (χ0v) is 21.8. The summed E-state index contributed by atoms with van der Waals surface area (Å²) < 4.78 is 50.9. The average molecular weight is 550 g/mol. The number of ether oxygens (including phenoxy) is 2. The van der Waals surface area contributed by atoms with Crippen molar-refractivity contribution in [2.45, 2.75) is 25.9 Å². The van der Waals surface area contributed by atoms with Crippen LogP contribution < -0.4 is 14.4 Å². The van der Waals surface area contributed by atoms with E-state index in [0.717, 1.165) is 24.0 Å². The second kappa shape index (κ2) is 12.3. The molecule has 1 aromatic heterocycles. The summed E-state index contributed by atoms with van der Waals surface area (Å²) in [5, 5.41) is 16.8. The normalized spacial score (nSPS) is 11.3. The zero-order chi connectivity index (χ0) is 28.0. The Morgan fingerprint density at radius 3 is 2.55 bits per heavy atom. The van der Waals surface area contributed by atoms with Crippen LogP contribution in [0.4, 0.5) is 18.9 Å². The average Bonchev–Trinajstić information content (AvgIpc) is 2.89. The van der Waals surface area contributed by atoms with Crippen molar-refractivity contribution in [3.63, 3.8) is 0 Å². The summed E-state index contributed by atoms with van der Waals surface area (Å²) in [6.07, 6.45) is -1.92. The maximum atomic E-state index is 13.8. The number of carbonyl (C=O) groups is 1. The first-order valence-electron chi connectivity index (χ1n) is 11.6. The minimum atomic E-state index is -4.69. The quantitative estimate of drug-likeness (QED) is 0.233. The number of nitrogens with zero attached hydrogens (tertiary/aromatic N) is 2. The molecule has 1 heterocycles. The minimum absolute atomic E-state index is 0.0159. The molecule has 11 heteroatoms. The van der Waals surface area contributed by atoms with Crippen LogP contribution in [0.5, 0.6) is 11.5 Å². The maximum Gasteiger partial charge on any atom is 0.433 e. The van der Waals surface area contributed by atoms with Crippen LogP contribution in [0.15, 0.2) is 42.6 Å². The van der Waals surface area contributed by atoms with E-state index in [-0.39, 0.29) is 46.2 Å². The predicted octanol–water partition coefficient (Wildman–Crippen LogP) is 6.16. The fourth-order valence-electron chi connectivity index (χ4n) is 3.92. The van der Waals surface area contributed by atoms with Gasteiger partial charge in [-0.3, -0.25) is 9.78 Å². The number of alkyl halides is 3. The van der Waals surface area contributed by atoms with Crippen molar-refractivity contribution >= 4 is 29.4 Å². The highest BCUT2D eigenvalue weighted by molar-refractivity contribution is 6.34. The highest BCUT2D eigenvalue weighted by Crippen LogP contribution is 2.39. The van der Waals surface area contributed by atoms with Crippen molar-refractivity contribution in [1.29, 1.82) is 5.41 Å². The number of methoxy groups -OCH3 is 1. The lowest BCUT2D eigenvalue weighted by Gasteiger charge is -2.24. The SMILES string of the molecule is COc1cccc(C)c1N(C)C(=O)c1cc(-c2cnc(C(F)(F)F)cc2C=N)c(Cl)cc1OCCCCO. The highest BCUT2D eigenvalue weighted by atomic mass is 35.5. The molecule has 0 aliphatic carbocycles. The fraction of sp³-hybridized carbons (Fsp3) is 0.296. The topological polar surface area (TPSA) is 95.7 Å². The number of amides is 1. The lowest BCUT2D eigenvalue weighted by atomic mass is 9.98. The van der Waals surface area contributed by atoms with Crippen molar-refractivity contribution in [2.24, 2.45) is 0 Å². The number of pyridine rings is 1. The van der Waals surface area contributed by atoms with Gasteiger partial charge in [0, 0.05) is 48.8 Å². The Kier molecular flexibility index (Phi) is 9.35. The number of unbranched alkanes of at least 4 members (excludes halogenated alkanes) is 1. The number of aryl methyl sites for hydroxylation is 1. The summed E-state index contributed by atoms with van der Waals surface area (Å²) in [7, 11) is 3.06. The second-order valence-corrected chi connectivity index (χ2v) is 8.80. The van der Waals surface area contributed by atoms with Crippen molar-refractivity contribution in [1.82, 2.24) is 4.98 Å². The van der Waals surface area contributed by atoms with Crippen LogP contribution in [0.1, 0.15) is 40.0 Å². The molecule has 38 heavy (non-hydrogen) atoms. The molecule has 3 rings (SSSR count). The van der Waals surface area contributed by atoms with Gasteiger partial charge in [0.25, 0.3) is 5.91 Å². The van der Waals surface area contributed by atoms with E-state index < -0.39 is 17.8 Å². The van der Waals surface area contributed by atoms with Gasteiger partial charge < -0.3 is 24.9 Å². The molecule has 2 N–H and O–H groups in total. The number of anilines is 1. The molecule has 3 aromatic rings. The molecule has 7 nitrogen and oxygen atoms in total. The Labute approximate surface area is 223 Å². The Morgan fingerprint density at radius 1 is 1.18 bits per heavy atom. The molecule has 2 aromatic carbocycles. The number of benzene rings is 2. The van der Waals surface area contributed by atoms with Gasteiger partial charge in [-0.2, -0.15) is 13.2 Å². The number of aliphatic hydroxyl groups is 1. The molecule has 202 valence electrons. The monoisotopic (exact) mass is 549 g/mol. The molecule has 0 atom stereocenters. The first-order chi connectivity index (χ1) is 18.0. The van der Waals surface area contributed by atoms with Crippen molar-refractivity contribution in [3.8, 4) is 22.6 Å². The third-order valence-corrected chi connectivity index (χ3v) is 6.16. The lowest BCUT2D eigenvalue weighted by molar-refractivity contribution is -0.141. The van der Waals surface area contributed by atoms with Crippen LogP contribution in [0.25, 0.3) is 11.1 Å². The van der Waals surface area contributed by atoms with Gasteiger partial charge >= 0.3 is 6.18 Å². The van der Waals surface area contributed by atoms with Crippen LogP contribution in [-0.4, -0.2) is 49.6 Å². The van der Waals surface area contributed by atoms with E-state index in [9.17, 15) is 18.0 Å². The van der Waals surface area contributed by atoms with Crippen molar-refractivity contribution in [2.75, 3.05) is 32.3 Å². The van der Waals surface area contributed by atoms with Crippen LogP contribution in [0.2, 0.25) is 5.02 Å². The lowest BCUT2D eigenvalue weighted by Crippen LogP contribution is -2.28. The summed E-state index contributed by atoms with van der Waals surface area (Å²) in [5.74, 6) is 0.153. The number of rotatable bonds is 10. The number of hydrogen-bond donors (Lipinski definition) is 2. The highest BCUT2D eigenvalue weighted by Gasteiger charge is 2.33. The summed E-state index contributed by atoms with van der Waals surface area (Å²) in [6, 6.07) is 8.93. The molecule has 0 unspecified atom stereocenters. The van der Waals surface area contributed by atoms with E-state index in [1.54, 1.807) is 19.2 Å². The van der Waals surface area contributed by atoms with Gasteiger partial charge in [0.2, 0.25) is 0 Å². The van der Waals surface area contributed by atoms with E-state index in [4.69, 9.17) is 31.6 Å². The van der Waals surface area contributed by atoms with E-state index in [0.29, 0.717) is 24.3 Å². The molecule has 1 amide bonds. The first-order valence-corrected chi connectivity index (χ1v) is 12.0. The third kappa shape index (κ3) is 6.25. The van der Waals surface area contributed by atoms with Gasteiger partial charge in [0.05, 0.1) is 30.0 Å². The number of nitrogens with one attached hydrogen (secondary N) is 1. The van der Waals surface area contributed by atoms with E-state index in [2.05, 4.69) is 4.98 Å². The molecule has 0 aliphatic heterocycles. The van der Waals surface area contributed by atoms with Gasteiger partial charge in [0.15, 0.2) is 0 Å². The Bertz CT molecular complexity index is 1330. The Balaban J connectivity index is 2.16. The first kappa shape index (κ1) is 28.9. The molecule has 0 saturated carbocycles. The molecule has 0 saturated heterocycles. The number of carbonyl (C=O) groups excluding carboxylic acids is 1. The van der Waals surface area contributed by atoms with Crippen LogP contribution in [0, 0.1) is 12.3 Å². The van der Waals surface area contributed by atoms with E-state index in [1.807, 2.05) is 13.0 Å². The molecular formula is C27H27ClF3N3O4. The number of aromatic nitrogens is 1. The van der Waals surface area contributed by atoms with Gasteiger partial charge in [-0.1, -0.05) is 23.7 Å². The third-order valence-electron chi connectivity index (χ3n) is 5.84. The molecule has 0 radical (unpaired) electrons. The van der Waals surface area contributed by atoms with Crippen LogP contribution in [-0.2, 0) is 6.18 Å². The standard InChI is InChI=1S/C27H27ClF3N3O4/c1-16-7-6-8-22(37-3)25(16)34(2)26(36)19-12-18(21(28)13-23(19)38-10-5-4-9-35)20-15-33-24(27(29,30)31)11-17(20)14-32/h6-8,11-15,32,35H,4-5,9-10H2,1-3H3. The van der Waals surface area contributed by atoms with Crippen LogP contribution in [0.3, 0.4) is 0 Å². The predicted molar refractivity (Wildman–Crippen MR) is 140 cm³/mol. The largest absolute Gasteiger partial charge is 0.495 e. The van der Waals surface area contributed by atoms with Crippen molar-refractivity contribution < 1.29 is 32.5 Å². The zero-order valence-electron chi connectivity index (χ0n) is 21.0. The van der Waals surface area contributed by atoms with Gasteiger partial charge in [-0.25, -0.2) is 0 Å².